The van der Waals surface area contributed by atoms with Gasteiger partial charge in [-0.3, -0.25) is 9.80 Å². The summed E-state index contributed by atoms with van der Waals surface area (Å²) in [6.07, 6.45) is 7.31. The van der Waals surface area contributed by atoms with E-state index in [-0.39, 0.29) is 0 Å². The highest BCUT2D eigenvalue weighted by Crippen LogP contribution is 2.28. The van der Waals surface area contributed by atoms with E-state index in [2.05, 4.69) is 28.9 Å². The van der Waals surface area contributed by atoms with Gasteiger partial charge in [-0.15, -0.1) is 0 Å². The lowest BCUT2D eigenvalue weighted by molar-refractivity contribution is 0.0242. The summed E-state index contributed by atoms with van der Waals surface area (Å²) in [5.74, 6) is 2.15. The van der Waals surface area contributed by atoms with Crippen molar-refractivity contribution in [2.75, 3.05) is 26.2 Å². The highest BCUT2D eigenvalue weighted by Gasteiger charge is 2.33. The molecule has 1 aromatic rings. The van der Waals surface area contributed by atoms with Crippen LogP contribution < -0.4 is 0 Å². The standard InChI is InChI=1S/C18H30N2O2/c1-2-17-7-8-18(22-17)14-19-10-11-20(15-5-3-4-6-15)16(13-19)9-12-21/h7-8,15-16,21H,2-6,9-14H2,1H3/t16-/m1/s1. The number of hydrogen-bond donors (Lipinski definition) is 1. The number of nitrogens with zero attached hydrogens (tertiary/aromatic N) is 2. The van der Waals surface area contributed by atoms with Crippen molar-refractivity contribution in [3.8, 4) is 0 Å². The molecule has 22 heavy (non-hydrogen) atoms. The molecule has 2 heterocycles. The molecule has 2 fully saturated rings. The van der Waals surface area contributed by atoms with E-state index in [9.17, 15) is 5.11 Å². The summed E-state index contributed by atoms with van der Waals surface area (Å²) in [5.41, 5.74) is 0. The van der Waals surface area contributed by atoms with Gasteiger partial charge in [0, 0.05) is 44.7 Å². The smallest absolute Gasteiger partial charge is 0.118 e. The molecule has 0 amide bonds. The SMILES string of the molecule is CCc1ccc(CN2CCN(C3CCCC3)[C@H](CCO)C2)o1. The van der Waals surface area contributed by atoms with E-state index < -0.39 is 0 Å². The molecule has 0 bridgehead atoms. The molecule has 0 spiro atoms. The molecular weight excluding hydrogens is 276 g/mol. The summed E-state index contributed by atoms with van der Waals surface area (Å²) in [6.45, 7) is 6.62. The molecule has 1 saturated heterocycles. The van der Waals surface area contributed by atoms with Crippen LogP contribution in [0.1, 0.15) is 50.5 Å². The number of aryl methyl sites for hydroxylation is 1. The van der Waals surface area contributed by atoms with E-state index in [1.54, 1.807) is 0 Å². The monoisotopic (exact) mass is 306 g/mol. The molecule has 0 radical (unpaired) electrons. The molecule has 3 rings (SSSR count). The fourth-order valence-electron chi connectivity index (χ4n) is 4.12. The van der Waals surface area contributed by atoms with Crippen molar-refractivity contribution < 1.29 is 9.52 Å². The Hall–Kier alpha value is -0.840. The first-order valence-corrected chi connectivity index (χ1v) is 8.96. The highest BCUT2D eigenvalue weighted by atomic mass is 16.3. The Labute approximate surface area is 134 Å². The van der Waals surface area contributed by atoms with Crippen LogP contribution in [0.25, 0.3) is 0 Å². The van der Waals surface area contributed by atoms with Crippen LogP contribution in [0.5, 0.6) is 0 Å². The van der Waals surface area contributed by atoms with E-state index in [1.165, 1.54) is 25.7 Å². The Morgan fingerprint density at radius 1 is 1.18 bits per heavy atom. The van der Waals surface area contributed by atoms with E-state index >= 15 is 0 Å². The van der Waals surface area contributed by atoms with E-state index in [0.29, 0.717) is 12.6 Å². The lowest BCUT2D eigenvalue weighted by atomic mass is 10.0. The number of aliphatic hydroxyl groups excluding tert-OH is 1. The molecule has 4 heteroatoms. The molecular formula is C18H30N2O2. The summed E-state index contributed by atoms with van der Waals surface area (Å²) in [4.78, 5) is 5.17. The zero-order valence-electron chi connectivity index (χ0n) is 13.8. The van der Waals surface area contributed by atoms with Gasteiger partial charge in [0.05, 0.1) is 6.54 Å². The number of hydrogen-bond acceptors (Lipinski definition) is 4. The summed E-state index contributed by atoms with van der Waals surface area (Å²) in [5, 5.41) is 9.43. The number of piperazine rings is 1. The first-order chi connectivity index (χ1) is 10.8. The van der Waals surface area contributed by atoms with Crippen molar-refractivity contribution in [1.29, 1.82) is 0 Å². The first kappa shape index (κ1) is 16.0. The topological polar surface area (TPSA) is 39.9 Å². The third-order valence-corrected chi connectivity index (χ3v) is 5.31. The van der Waals surface area contributed by atoms with E-state index in [1.807, 2.05) is 0 Å². The first-order valence-electron chi connectivity index (χ1n) is 8.96. The van der Waals surface area contributed by atoms with Gasteiger partial charge in [0.25, 0.3) is 0 Å². The van der Waals surface area contributed by atoms with Gasteiger partial charge in [-0.2, -0.15) is 0 Å². The maximum atomic E-state index is 9.43. The van der Waals surface area contributed by atoms with Gasteiger partial charge >= 0.3 is 0 Å². The van der Waals surface area contributed by atoms with Gasteiger partial charge < -0.3 is 9.52 Å². The van der Waals surface area contributed by atoms with Gasteiger partial charge in [0.1, 0.15) is 11.5 Å². The third kappa shape index (κ3) is 3.73. The molecule has 2 aliphatic rings. The molecule has 1 aliphatic carbocycles. The summed E-state index contributed by atoms with van der Waals surface area (Å²) in [6, 6.07) is 5.47. The van der Waals surface area contributed by atoms with Crippen LogP contribution >= 0.6 is 0 Å². The number of aliphatic hydroxyl groups is 1. The van der Waals surface area contributed by atoms with Crippen molar-refractivity contribution in [3.63, 3.8) is 0 Å². The van der Waals surface area contributed by atoms with Gasteiger partial charge in [0.15, 0.2) is 0 Å². The van der Waals surface area contributed by atoms with E-state index in [4.69, 9.17) is 4.42 Å². The Kier molecular flexibility index (Phi) is 5.55. The quantitative estimate of drug-likeness (QED) is 0.877. The molecule has 1 aliphatic heterocycles. The molecule has 4 nitrogen and oxygen atoms in total. The summed E-state index contributed by atoms with van der Waals surface area (Å²) >= 11 is 0. The molecule has 1 N–H and O–H groups in total. The molecule has 0 aromatic carbocycles. The lowest BCUT2D eigenvalue weighted by Gasteiger charge is -2.44. The van der Waals surface area contributed by atoms with Gasteiger partial charge in [-0.1, -0.05) is 19.8 Å². The molecule has 1 aromatic heterocycles. The van der Waals surface area contributed by atoms with Crippen LogP contribution in [0.2, 0.25) is 0 Å². The van der Waals surface area contributed by atoms with Crippen LogP contribution in [-0.2, 0) is 13.0 Å². The number of rotatable bonds is 6. The Balaban J connectivity index is 1.59. The van der Waals surface area contributed by atoms with Crippen LogP contribution in [0.4, 0.5) is 0 Å². The highest BCUT2D eigenvalue weighted by molar-refractivity contribution is 5.07. The normalized spacial score (nSPS) is 25.1. The Bertz CT molecular complexity index is 454. The van der Waals surface area contributed by atoms with Crippen LogP contribution in [0, 0.1) is 0 Å². The fraction of sp³-hybridized carbons (Fsp3) is 0.778. The van der Waals surface area contributed by atoms with Crippen molar-refractivity contribution >= 4 is 0 Å². The Morgan fingerprint density at radius 3 is 2.64 bits per heavy atom. The molecule has 124 valence electrons. The molecule has 1 saturated carbocycles. The maximum absolute atomic E-state index is 9.43. The van der Waals surface area contributed by atoms with Crippen LogP contribution in [0.15, 0.2) is 16.5 Å². The van der Waals surface area contributed by atoms with Crippen molar-refractivity contribution in [2.45, 2.75) is 64.1 Å². The van der Waals surface area contributed by atoms with Gasteiger partial charge in [-0.05, 0) is 31.4 Å². The second kappa shape index (κ2) is 7.62. The van der Waals surface area contributed by atoms with Crippen molar-refractivity contribution in [1.82, 2.24) is 9.80 Å². The van der Waals surface area contributed by atoms with Gasteiger partial charge in [0.2, 0.25) is 0 Å². The summed E-state index contributed by atoms with van der Waals surface area (Å²) < 4.78 is 5.85. The van der Waals surface area contributed by atoms with Crippen molar-refractivity contribution in [2.24, 2.45) is 0 Å². The minimum absolute atomic E-state index is 0.294. The van der Waals surface area contributed by atoms with E-state index in [0.717, 1.165) is 56.6 Å². The molecule has 1 atom stereocenters. The predicted molar refractivity (Wildman–Crippen MR) is 87.8 cm³/mol. The fourth-order valence-corrected chi connectivity index (χ4v) is 4.12. The predicted octanol–water partition coefficient (Wildman–Crippen LogP) is 2.65. The zero-order valence-corrected chi connectivity index (χ0v) is 13.8. The van der Waals surface area contributed by atoms with Crippen molar-refractivity contribution in [3.05, 3.63) is 23.7 Å². The third-order valence-electron chi connectivity index (χ3n) is 5.31. The lowest BCUT2D eigenvalue weighted by Crippen LogP contribution is -2.55. The van der Waals surface area contributed by atoms with Crippen LogP contribution in [-0.4, -0.2) is 53.2 Å². The van der Waals surface area contributed by atoms with Gasteiger partial charge in [-0.25, -0.2) is 0 Å². The number of furan rings is 1. The summed E-state index contributed by atoms with van der Waals surface area (Å²) in [7, 11) is 0. The van der Waals surface area contributed by atoms with Crippen LogP contribution in [0.3, 0.4) is 0 Å². The minimum Gasteiger partial charge on any atom is -0.465 e. The largest absolute Gasteiger partial charge is 0.465 e. The maximum Gasteiger partial charge on any atom is 0.118 e. The minimum atomic E-state index is 0.294. The molecule has 0 unspecified atom stereocenters. The second-order valence-electron chi connectivity index (χ2n) is 6.80. The average molecular weight is 306 g/mol. The Morgan fingerprint density at radius 2 is 1.95 bits per heavy atom. The zero-order chi connectivity index (χ0) is 15.4. The average Bonchev–Trinajstić information content (AvgIpc) is 3.19. The second-order valence-corrected chi connectivity index (χ2v) is 6.80.